The Kier molecular flexibility index (Phi) is 7.65. The number of para-hydroxylation sites is 1. The van der Waals surface area contributed by atoms with E-state index < -0.39 is 10.8 Å². The summed E-state index contributed by atoms with van der Waals surface area (Å²) >= 11 is 0. The van der Waals surface area contributed by atoms with Gasteiger partial charge in [0.25, 0.3) is 11.8 Å². The maximum absolute atomic E-state index is 13.7. The minimum atomic E-state index is -1.56. The van der Waals surface area contributed by atoms with Crippen molar-refractivity contribution >= 4 is 34.0 Å². The van der Waals surface area contributed by atoms with Crippen LogP contribution in [0, 0.1) is 0 Å². The summed E-state index contributed by atoms with van der Waals surface area (Å²) < 4.78 is 13.6. The van der Waals surface area contributed by atoms with Crippen LogP contribution in [0.3, 0.4) is 0 Å². The van der Waals surface area contributed by atoms with Crippen LogP contribution in [0.1, 0.15) is 33.2 Å². The number of likely N-dealkylation sites (N-methyl/N-ethyl adjacent to an activating group) is 1. The smallest absolute Gasteiger partial charge is 0.259 e. The fraction of sp³-hybridized carbons (Fsp3) is 0.161. The summed E-state index contributed by atoms with van der Waals surface area (Å²) in [5.41, 5.74) is 3.35. The van der Waals surface area contributed by atoms with E-state index in [1.54, 1.807) is 47.4 Å². The first-order valence-electron chi connectivity index (χ1n) is 12.7. The van der Waals surface area contributed by atoms with Crippen molar-refractivity contribution in [2.45, 2.75) is 23.3 Å². The second kappa shape index (κ2) is 11.4. The molecule has 1 atom stereocenters. The topological polar surface area (TPSA) is 69.7 Å². The molecule has 5 rings (SSSR count). The van der Waals surface area contributed by atoms with E-state index in [9.17, 15) is 13.8 Å². The molecular formula is C31H29N3O3S. The Morgan fingerprint density at radius 3 is 2.29 bits per heavy atom. The molecule has 2 amide bonds. The van der Waals surface area contributed by atoms with Gasteiger partial charge >= 0.3 is 0 Å². The van der Waals surface area contributed by atoms with Gasteiger partial charge in [0, 0.05) is 30.9 Å². The van der Waals surface area contributed by atoms with Crippen molar-refractivity contribution in [3.8, 4) is 0 Å². The lowest BCUT2D eigenvalue weighted by atomic mass is 10.1. The first-order chi connectivity index (χ1) is 18.6. The predicted octanol–water partition coefficient (Wildman–Crippen LogP) is 5.27. The summed E-state index contributed by atoms with van der Waals surface area (Å²) in [5.74, 6) is -0.480. The lowest BCUT2D eigenvalue weighted by Gasteiger charge is -2.24. The van der Waals surface area contributed by atoms with Crippen LogP contribution >= 0.6 is 0 Å². The van der Waals surface area contributed by atoms with Crippen LogP contribution in [0.5, 0.6) is 0 Å². The van der Waals surface area contributed by atoms with Gasteiger partial charge < -0.3 is 15.1 Å². The lowest BCUT2D eigenvalue weighted by molar-refractivity contribution is 0.0950. The zero-order chi connectivity index (χ0) is 26.5. The molecule has 1 aliphatic rings. The third-order valence-electron chi connectivity index (χ3n) is 6.63. The Bertz CT molecular complexity index is 1470. The number of rotatable bonds is 8. The van der Waals surface area contributed by atoms with Crippen molar-refractivity contribution in [2.75, 3.05) is 29.4 Å². The molecule has 4 aromatic rings. The highest BCUT2D eigenvalue weighted by Crippen LogP contribution is 2.36. The van der Waals surface area contributed by atoms with Crippen LogP contribution in [0.4, 0.5) is 11.4 Å². The minimum Gasteiger partial charge on any atom is -0.370 e. The molecule has 0 saturated carbocycles. The molecule has 0 radical (unpaired) electrons. The second-order valence-corrected chi connectivity index (χ2v) is 10.4. The number of benzene rings is 4. The number of fused-ring (bicyclic) bond motifs is 2. The van der Waals surface area contributed by atoms with Gasteiger partial charge in [0.1, 0.15) is 0 Å². The van der Waals surface area contributed by atoms with Gasteiger partial charge in [-0.15, -0.1) is 0 Å². The van der Waals surface area contributed by atoms with Gasteiger partial charge in [-0.05, 0) is 55.0 Å². The number of hydrogen-bond donors (Lipinski definition) is 1. The molecule has 7 heteroatoms. The number of nitrogens with zero attached hydrogens (tertiary/aromatic N) is 2. The van der Waals surface area contributed by atoms with Crippen molar-refractivity contribution in [3.05, 3.63) is 120 Å². The van der Waals surface area contributed by atoms with E-state index in [1.165, 1.54) is 0 Å². The van der Waals surface area contributed by atoms with Crippen LogP contribution in [-0.2, 0) is 17.3 Å². The molecule has 38 heavy (non-hydrogen) atoms. The molecule has 1 heterocycles. The molecule has 4 aromatic carbocycles. The Labute approximate surface area is 225 Å². The number of amides is 2. The van der Waals surface area contributed by atoms with Gasteiger partial charge in [-0.25, -0.2) is 4.21 Å². The zero-order valence-electron chi connectivity index (χ0n) is 21.2. The molecule has 0 bridgehead atoms. The summed E-state index contributed by atoms with van der Waals surface area (Å²) in [6.07, 6.45) is 0. The summed E-state index contributed by atoms with van der Waals surface area (Å²) in [7, 11) is -1.56. The SMILES string of the molecule is CCN(CCNC(=O)c1ccc2c(c1)N(Cc1ccccc1)C(=O)c1ccccc1[S@@]2=O)c1ccccc1. The number of hydrogen-bond acceptors (Lipinski definition) is 4. The minimum absolute atomic E-state index is 0.239. The molecule has 192 valence electrons. The first kappa shape index (κ1) is 25.4. The monoisotopic (exact) mass is 523 g/mol. The van der Waals surface area contributed by atoms with Gasteiger partial charge in [0.15, 0.2) is 0 Å². The van der Waals surface area contributed by atoms with Crippen LogP contribution in [0.15, 0.2) is 113 Å². The van der Waals surface area contributed by atoms with Crippen LogP contribution in [0.25, 0.3) is 0 Å². The van der Waals surface area contributed by atoms with Crippen molar-refractivity contribution in [1.82, 2.24) is 5.32 Å². The average Bonchev–Trinajstić information content (AvgIpc) is 3.05. The van der Waals surface area contributed by atoms with E-state index in [2.05, 4.69) is 17.1 Å². The molecule has 1 N–H and O–H groups in total. The molecule has 6 nitrogen and oxygen atoms in total. The van der Waals surface area contributed by atoms with Crippen molar-refractivity contribution in [2.24, 2.45) is 0 Å². The van der Waals surface area contributed by atoms with Gasteiger partial charge in [0.2, 0.25) is 0 Å². The largest absolute Gasteiger partial charge is 0.370 e. The number of nitrogens with one attached hydrogen (secondary N) is 1. The number of carbonyl (C=O) groups is 2. The normalized spacial score (nSPS) is 14.3. The molecule has 0 aromatic heterocycles. The maximum atomic E-state index is 13.7. The number of carbonyl (C=O) groups excluding carboxylic acids is 2. The standard InChI is InChI=1S/C31H29N3O3S/c1-2-33(25-13-7-4-8-14-25)20-19-32-30(35)24-17-18-29-27(21-24)34(22-23-11-5-3-6-12-23)31(36)26-15-9-10-16-28(26)38(29)37/h3-18,21H,2,19-20,22H2,1H3,(H,32,35)/t38-/m0/s1. The molecule has 0 fully saturated rings. The third kappa shape index (κ3) is 5.24. The summed E-state index contributed by atoms with van der Waals surface area (Å²) in [6, 6.07) is 31.8. The quantitative estimate of drug-likeness (QED) is 0.342. The van der Waals surface area contributed by atoms with Crippen molar-refractivity contribution in [1.29, 1.82) is 0 Å². The van der Waals surface area contributed by atoms with E-state index in [-0.39, 0.29) is 11.8 Å². The predicted molar refractivity (Wildman–Crippen MR) is 151 cm³/mol. The Hall–Kier alpha value is -4.23. The van der Waals surface area contributed by atoms with Gasteiger partial charge in [-0.2, -0.15) is 0 Å². The van der Waals surface area contributed by atoms with E-state index in [0.717, 1.165) is 17.8 Å². The first-order valence-corrected chi connectivity index (χ1v) is 13.8. The Balaban J connectivity index is 1.42. The van der Waals surface area contributed by atoms with Crippen LogP contribution < -0.4 is 15.1 Å². The fourth-order valence-corrected chi connectivity index (χ4v) is 5.99. The van der Waals surface area contributed by atoms with E-state index in [0.29, 0.717) is 46.2 Å². The lowest BCUT2D eigenvalue weighted by Crippen LogP contribution is -2.35. The Morgan fingerprint density at radius 1 is 0.868 bits per heavy atom. The average molecular weight is 524 g/mol. The summed E-state index contributed by atoms with van der Waals surface area (Å²) in [4.78, 5) is 31.7. The second-order valence-electron chi connectivity index (χ2n) is 9.00. The van der Waals surface area contributed by atoms with Crippen molar-refractivity contribution in [3.63, 3.8) is 0 Å². The summed E-state index contributed by atoms with van der Waals surface area (Å²) in [5, 5.41) is 3.00. The highest BCUT2D eigenvalue weighted by Gasteiger charge is 2.31. The third-order valence-corrected chi connectivity index (χ3v) is 8.13. The molecule has 0 aliphatic carbocycles. The molecular weight excluding hydrogens is 494 g/mol. The van der Waals surface area contributed by atoms with E-state index in [4.69, 9.17) is 0 Å². The van der Waals surface area contributed by atoms with Gasteiger partial charge in [-0.1, -0.05) is 60.7 Å². The number of anilines is 2. The summed E-state index contributed by atoms with van der Waals surface area (Å²) in [6.45, 7) is 4.32. The zero-order valence-corrected chi connectivity index (χ0v) is 22.0. The highest BCUT2D eigenvalue weighted by atomic mass is 32.2. The molecule has 0 unspecified atom stereocenters. The van der Waals surface area contributed by atoms with Gasteiger partial charge in [0.05, 0.1) is 38.4 Å². The van der Waals surface area contributed by atoms with E-state index >= 15 is 0 Å². The maximum Gasteiger partial charge on any atom is 0.259 e. The molecule has 1 aliphatic heterocycles. The molecule has 0 saturated heterocycles. The van der Waals surface area contributed by atoms with Crippen molar-refractivity contribution < 1.29 is 13.8 Å². The fourth-order valence-electron chi connectivity index (χ4n) is 4.64. The molecule has 0 spiro atoms. The highest BCUT2D eigenvalue weighted by molar-refractivity contribution is 7.85. The van der Waals surface area contributed by atoms with Crippen LogP contribution in [0.2, 0.25) is 0 Å². The van der Waals surface area contributed by atoms with Crippen LogP contribution in [-0.4, -0.2) is 35.7 Å². The van der Waals surface area contributed by atoms with E-state index in [1.807, 2.05) is 60.7 Å². The Morgan fingerprint density at radius 2 is 1.55 bits per heavy atom. The van der Waals surface area contributed by atoms with Gasteiger partial charge in [-0.3, -0.25) is 9.59 Å².